The second kappa shape index (κ2) is 8.16. The van der Waals surface area contributed by atoms with E-state index < -0.39 is 0 Å². The van der Waals surface area contributed by atoms with Crippen molar-refractivity contribution in [3.8, 4) is 11.1 Å². The maximum Gasteiger partial charge on any atom is 0.228 e. The van der Waals surface area contributed by atoms with Crippen molar-refractivity contribution in [2.75, 3.05) is 31.6 Å². The number of amides is 1. The van der Waals surface area contributed by atoms with Gasteiger partial charge in [0.2, 0.25) is 5.91 Å². The molecule has 4 heterocycles. The topological polar surface area (TPSA) is 72.3 Å². The van der Waals surface area contributed by atoms with Crippen LogP contribution in [0.1, 0.15) is 19.3 Å². The van der Waals surface area contributed by atoms with Crippen molar-refractivity contribution < 1.29 is 9.53 Å². The van der Waals surface area contributed by atoms with Gasteiger partial charge in [-0.05, 0) is 55.4 Å². The van der Waals surface area contributed by atoms with E-state index in [-0.39, 0.29) is 11.8 Å². The van der Waals surface area contributed by atoms with Crippen LogP contribution in [0.15, 0.2) is 42.9 Å². The Kier molecular flexibility index (Phi) is 5.23. The first-order chi connectivity index (χ1) is 14.6. The molecule has 1 N–H and O–H groups in total. The minimum absolute atomic E-state index is 0.0442. The molecule has 30 heavy (non-hydrogen) atoms. The lowest BCUT2D eigenvalue weighted by Gasteiger charge is -2.36. The molecule has 0 saturated carbocycles. The van der Waals surface area contributed by atoms with Crippen LogP contribution >= 0.6 is 0 Å². The maximum absolute atomic E-state index is 12.8. The number of ether oxygens (including phenoxy) is 1. The van der Waals surface area contributed by atoms with E-state index in [0.717, 1.165) is 67.4 Å². The highest BCUT2D eigenvalue weighted by molar-refractivity contribution is 5.95. The maximum atomic E-state index is 12.8. The molecule has 0 aliphatic carbocycles. The minimum Gasteiger partial charge on any atom is -0.377 e. The molecule has 2 fully saturated rings. The molecule has 0 spiro atoms. The number of nitrogens with zero attached hydrogens (tertiary/aromatic N) is 4. The van der Waals surface area contributed by atoms with Crippen LogP contribution in [0, 0.1) is 5.92 Å². The number of fused-ring (bicyclic) bond motifs is 1. The Morgan fingerprint density at radius 1 is 1.13 bits per heavy atom. The highest BCUT2D eigenvalue weighted by atomic mass is 16.5. The Bertz CT molecular complexity index is 1050. The second-order valence-electron chi connectivity index (χ2n) is 8.38. The fraction of sp³-hybridized carbons (Fsp3) is 0.435. The number of rotatable bonds is 5. The normalized spacial score (nSPS) is 20.2. The van der Waals surface area contributed by atoms with E-state index in [1.54, 1.807) is 4.68 Å². The summed E-state index contributed by atoms with van der Waals surface area (Å²) in [6.45, 7) is 3.81. The molecule has 2 aliphatic heterocycles. The number of pyridine rings is 1. The molecule has 3 aromatic rings. The van der Waals surface area contributed by atoms with Crippen LogP contribution in [0.5, 0.6) is 0 Å². The fourth-order valence-electron chi connectivity index (χ4n) is 4.28. The van der Waals surface area contributed by atoms with Gasteiger partial charge >= 0.3 is 0 Å². The Morgan fingerprint density at radius 3 is 2.67 bits per heavy atom. The largest absolute Gasteiger partial charge is 0.377 e. The van der Waals surface area contributed by atoms with Crippen LogP contribution in [-0.2, 0) is 16.6 Å². The zero-order valence-corrected chi connectivity index (χ0v) is 17.3. The molecule has 0 radical (unpaired) electrons. The lowest BCUT2D eigenvalue weighted by Crippen LogP contribution is -2.45. The first-order valence-corrected chi connectivity index (χ1v) is 10.7. The van der Waals surface area contributed by atoms with E-state index in [1.165, 1.54) is 0 Å². The number of piperidine rings is 1. The molecular weight excluding hydrogens is 378 g/mol. The zero-order chi connectivity index (χ0) is 20.5. The number of nitrogens with one attached hydrogen (secondary N) is 1. The molecule has 7 heteroatoms. The molecule has 7 nitrogen and oxygen atoms in total. The van der Waals surface area contributed by atoms with E-state index in [0.29, 0.717) is 11.9 Å². The lowest BCUT2D eigenvalue weighted by molar-refractivity contribution is -0.121. The zero-order valence-electron chi connectivity index (χ0n) is 17.3. The number of likely N-dealkylation sites (tertiary alicyclic amines) is 1. The average molecular weight is 406 g/mol. The van der Waals surface area contributed by atoms with Gasteiger partial charge in [-0.2, -0.15) is 5.10 Å². The fourth-order valence-corrected chi connectivity index (χ4v) is 4.28. The number of carbonyl (C=O) groups is 1. The van der Waals surface area contributed by atoms with Gasteiger partial charge in [0.05, 0.1) is 12.3 Å². The SMILES string of the molecule is Cn1cc(-c2ccc3cnc(NC(=O)C4CCN(CC5CCO5)CC4)cc3c2)cn1. The number of aryl methyl sites for hydroxylation is 1. The van der Waals surface area contributed by atoms with Crippen LogP contribution < -0.4 is 5.32 Å². The highest BCUT2D eigenvalue weighted by Crippen LogP contribution is 2.26. The van der Waals surface area contributed by atoms with Crippen molar-refractivity contribution in [3.05, 3.63) is 42.9 Å². The first kappa shape index (κ1) is 19.2. The lowest BCUT2D eigenvalue weighted by atomic mass is 9.95. The monoisotopic (exact) mass is 405 g/mol. The van der Waals surface area contributed by atoms with Crippen molar-refractivity contribution >= 4 is 22.5 Å². The van der Waals surface area contributed by atoms with Gasteiger partial charge in [-0.1, -0.05) is 12.1 Å². The van der Waals surface area contributed by atoms with Gasteiger partial charge in [0.1, 0.15) is 5.82 Å². The molecule has 1 atom stereocenters. The molecule has 1 amide bonds. The second-order valence-corrected chi connectivity index (χ2v) is 8.38. The number of anilines is 1. The smallest absolute Gasteiger partial charge is 0.228 e. The van der Waals surface area contributed by atoms with E-state index in [1.807, 2.05) is 31.7 Å². The molecule has 0 bridgehead atoms. The first-order valence-electron chi connectivity index (χ1n) is 10.7. The summed E-state index contributed by atoms with van der Waals surface area (Å²) in [5, 5.41) is 9.38. The molecular formula is C23H27N5O2. The van der Waals surface area contributed by atoms with Crippen molar-refractivity contribution in [1.82, 2.24) is 19.7 Å². The summed E-state index contributed by atoms with van der Waals surface area (Å²) in [4.78, 5) is 19.7. The number of hydrogen-bond acceptors (Lipinski definition) is 5. The molecule has 2 aliphatic rings. The number of carbonyl (C=O) groups excluding carboxylic acids is 1. The Balaban J connectivity index is 1.24. The van der Waals surface area contributed by atoms with Crippen LogP contribution in [0.4, 0.5) is 5.82 Å². The van der Waals surface area contributed by atoms with Gasteiger partial charge in [0, 0.05) is 49.5 Å². The summed E-state index contributed by atoms with van der Waals surface area (Å²) in [5.74, 6) is 0.730. The number of aromatic nitrogens is 3. The van der Waals surface area contributed by atoms with Crippen LogP contribution in [0.25, 0.3) is 21.9 Å². The predicted octanol–water partition coefficient (Wildman–Crippen LogP) is 3.07. The van der Waals surface area contributed by atoms with E-state index in [2.05, 4.69) is 38.5 Å². The third-order valence-electron chi connectivity index (χ3n) is 6.22. The average Bonchev–Trinajstić information content (AvgIpc) is 3.17. The Hall–Kier alpha value is -2.77. The summed E-state index contributed by atoms with van der Waals surface area (Å²) in [5.41, 5.74) is 2.17. The summed E-state index contributed by atoms with van der Waals surface area (Å²) < 4.78 is 7.32. The third kappa shape index (κ3) is 4.08. The van der Waals surface area contributed by atoms with Crippen LogP contribution in [0.2, 0.25) is 0 Å². The van der Waals surface area contributed by atoms with Gasteiger partial charge in [0.25, 0.3) is 0 Å². The van der Waals surface area contributed by atoms with Crippen LogP contribution in [0.3, 0.4) is 0 Å². The molecule has 2 saturated heterocycles. The Labute approximate surface area is 176 Å². The third-order valence-corrected chi connectivity index (χ3v) is 6.22. The Morgan fingerprint density at radius 2 is 1.97 bits per heavy atom. The van der Waals surface area contributed by atoms with Gasteiger partial charge in [-0.15, -0.1) is 0 Å². The van der Waals surface area contributed by atoms with Gasteiger partial charge in [-0.25, -0.2) is 4.98 Å². The summed E-state index contributed by atoms with van der Waals surface area (Å²) in [6, 6.07) is 8.19. The molecule has 2 aromatic heterocycles. The number of hydrogen-bond donors (Lipinski definition) is 1. The number of benzene rings is 1. The summed E-state index contributed by atoms with van der Waals surface area (Å²) in [7, 11) is 1.91. The molecule has 1 unspecified atom stereocenters. The molecule has 1 aromatic carbocycles. The van der Waals surface area contributed by atoms with E-state index in [4.69, 9.17) is 4.74 Å². The summed E-state index contributed by atoms with van der Waals surface area (Å²) >= 11 is 0. The van der Waals surface area contributed by atoms with Crippen molar-refractivity contribution in [2.45, 2.75) is 25.4 Å². The standard InChI is InChI=1S/C23H27N5O2/c1-27-14-20(13-25-27)17-2-3-18-12-24-22(11-19(18)10-17)26-23(29)16-4-7-28(8-5-16)15-21-6-9-30-21/h2-3,10-14,16,21H,4-9,15H2,1H3,(H,24,26,29). The predicted molar refractivity (Wildman–Crippen MR) is 116 cm³/mol. The van der Waals surface area contributed by atoms with Gasteiger partial charge in [-0.3, -0.25) is 9.48 Å². The quantitative estimate of drug-likeness (QED) is 0.706. The van der Waals surface area contributed by atoms with Crippen molar-refractivity contribution in [2.24, 2.45) is 13.0 Å². The van der Waals surface area contributed by atoms with E-state index >= 15 is 0 Å². The van der Waals surface area contributed by atoms with Gasteiger partial charge in [0.15, 0.2) is 0 Å². The van der Waals surface area contributed by atoms with Crippen LogP contribution in [-0.4, -0.2) is 57.9 Å². The van der Waals surface area contributed by atoms with E-state index in [9.17, 15) is 4.79 Å². The summed E-state index contributed by atoms with van der Waals surface area (Å²) in [6.07, 6.45) is 9.00. The highest BCUT2D eigenvalue weighted by Gasteiger charge is 2.28. The van der Waals surface area contributed by atoms with Crippen molar-refractivity contribution in [3.63, 3.8) is 0 Å². The van der Waals surface area contributed by atoms with Crippen molar-refractivity contribution in [1.29, 1.82) is 0 Å². The molecule has 5 rings (SSSR count). The van der Waals surface area contributed by atoms with Gasteiger partial charge < -0.3 is 15.0 Å². The minimum atomic E-state index is 0.0442. The molecule has 156 valence electrons.